The van der Waals surface area contributed by atoms with Crippen LogP contribution in [0.5, 0.6) is 0 Å². The molecule has 0 unspecified atom stereocenters. The molecule has 0 amide bonds. The molecule has 0 radical (unpaired) electrons. The number of nitrogens with zero attached hydrogens (tertiary/aromatic N) is 5. The van der Waals surface area contributed by atoms with Gasteiger partial charge in [0.05, 0.1) is 34.6 Å². The van der Waals surface area contributed by atoms with E-state index in [9.17, 15) is 13.5 Å². The zero-order valence-electron chi connectivity index (χ0n) is 23.6. The van der Waals surface area contributed by atoms with Gasteiger partial charge >= 0.3 is 0 Å². The van der Waals surface area contributed by atoms with Gasteiger partial charge < -0.3 is 10.4 Å². The van der Waals surface area contributed by atoms with Gasteiger partial charge in [0.1, 0.15) is 10.7 Å². The zero-order valence-corrected chi connectivity index (χ0v) is 25.1. The summed E-state index contributed by atoms with van der Waals surface area (Å²) >= 11 is 5.90. The molecular weight excluding hydrogens is 586 g/mol. The van der Waals surface area contributed by atoms with Gasteiger partial charge in [-0.25, -0.2) is 13.4 Å². The lowest BCUT2D eigenvalue weighted by Crippen LogP contribution is -2.26. The van der Waals surface area contributed by atoms with Crippen LogP contribution in [-0.2, 0) is 16.6 Å². The maximum Gasteiger partial charge on any atom is 0.263 e. The van der Waals surface area contributed by atoms with E-state index in [0.29, 0.717) is 18.1 Å². The molecule has 0 bridgehead atoms. The first-order chi connectivity index (χ1) is 20.5. The van der Waals surface area contributed by atoms with Gasteiger partial charge in [0.2, 0.25) is 0 Å². The molecule has 0 saturated carbocycles. The first-order valence-corrected chi connectivity index (χ1v) is 15.3. The molecule has 0 aliphatic heterocycles. The number of aliphatic hydroxyl groups is 1. The monoisotopic (exact) mass is 613 g/mol. The zero-order chi connectivity index (χ0) is 30.4. The van der Waals surface area contributed by atoms with Crippen molar-refractivity contribution in [3.05, 3.63) is 96.2 Å². The van der Waals surface area contributed by atoms with Crippen LogP contribution in [0.25, 0.3) is 32.9 Å². The van der Waals surface area contributed by atoms with E-state index in [0.717, 1.165) is 44.2 Å². The first-order valence-electron chi connectivity index (χ1n) is 13.4. The van der Waals surface area contributed by atoms with Crippen molar-refractivity contribution in [2.24, 2.45) is 0 Å². The highest BCUT2D eigenvalue weighted by molar-refractivity contribution is 7.92. The van der Waals surface area contributed by atoms with Crippen molar-refractivity contribution < 1.29 is 13.5 Å². The van der Waals surface area contributed by atoms with Crippen molar-refractivity contribution in [2.45, 2.75) is 37.8 Å². The average molecular weight is 614 g/mol. The summed E-state index contributed by atoms with van der Waals surface area (Å²) in [5, 5.41) is 21.2. The van der Waals surface area contributed by atoms with Gasteiger partial charge in [-0.3, -0.25) is 19.4 Å². The van der Waals surface area contributed by atoms with Crippen LogP contribution in [0.4, 0.5) is 17.2 Å². The fourth-order valence-electron chi connectivity index (χ4n) is 4.91. The number of nitrogens with one attached hydrogen (secondary N) is 2. The molecule has 12 heteroatoms. The highest BCUT2D eigenvalue weighted by Crippen LogP contribution is 2.34. The van der Waals surface area contributed by atoms with E-state index in [1.54, 1.807) is 50.5 Å². The highest BCUT2D eigenvalue weighted by atomic mass is 35.5. The number of hydrogen-bond donors (Lipinski definition) is 3. The maximum absolute atomic E-state index is 12.7. The van der Waals surface area contributed by atoms with Gasteiger partial charge in [0.15, 0.2) is 0 Å². The first kappa shape index (κ1) is 28.5. The number of rotatable bonds is 8. The minimum atomic E-state index is -3.84. The van der Waals surface area contributed by atoms with Crippen LogP contribution in [0.2, 0.25) is 5.02 Å². The Bertz CT molecular complexity index is 2090. The summed E-state index contributed by atoms with van der Waals surface area (Å²) in [5.41, 5.74) is 4.01. The van der Waals surface area contributed by atoms with Crippen molar-refractivity contribution in [1.82, 2.24) is 24.7 Å². The Morgan fingerprint density at radius 2 is 1.70 bits per heavy atom. The summed E-state index contributed by atoms with van der Waals surface area (Å²) in [6.07, 6.45) is 8.00. The molecular formula is C31H28ClN7O3S. The molecule has 0 aliphatic rings. The second-order valence-electron chi connectivity index (χ2n) is 10.9. The van der Waals surface area contributed by atoms with Gasteiger partial charge in [0.25, 0.3) is 10.0 Å². The Balaban J connectivity index is 1.27. The minimum Gasteiger partial charge on any atom is -0.389 e. The summed E-state index contributed by atoms with van der Waals surface area (Å²) in [7, 11) is -3.84. The molecule has 6 rings (SSSR count). The van der Waals surface area contributed by atoms with E-state index < -0.39 is 15.6 Å². The molecule has 4 aromatic heterocycles. The molecule has 10 nitrogen and oxygen atoms in total. The van der Waals surface area contributed by atoms with E-state index >= 15 is 0 Å². The molecule has 3 N–H and O–H groups in total. The third-order valence-corrected chi connectivity index (χ3v) is 8.49. The van der Waals surface area contributed by atoms with Gasteiger partial charge in [-0.05, 0) is 74.9 Å². The summed E-state index contributed by atoms with van der Waals surface area (Å²) < 4.78 is 29.8. The quantitative estimate of drug-likeness (QED) is 0.181. The number of pyridine rings is 3. The number of aryl methyl sites for hydroxylation is 1. The Labute approximate surface area is 253 Å². The van der Waals surface area contributed by atoms with Crippen molar-refractivity contribution in [1.29, 1.82) is 0 Å². The molecule has 2 aromatic carbocycles. The van der Waals surface area contributed by atoms with Crippen molar-refractivity contribution >= 4 is 60.5 Å². The van der Waals surface area contributed by atoms with Gasteiger partial charge in [-0.1, -0.05) is 17.7 Å². The van der Waals surface area contributed by atoms with Crippen LogP contribution in [0.3, 0.4) is 0 Å². The van der Waals surface area contributed by atoms with Gasteiger partial charge in [-0.2, -0.15) is 5.10 Å². The maximum atomic E-state index is 12.7. The molecule has 4 heterocycles. The van der Waals surface area contributed by atoms with Crippen LogP contribution >= 0.6 is 11.6 Å². The normalized spacial score (nSPS) is 12.1. The van der Waals surface area contributed by atoms with E-state index in [4.69, 9.17) is 16.6 Å². The summed E-state index contributed by atoms with van der Waals surface area (Å²) in [6.45, 7) is 5.96. The van der Waals surface area contributed by atoms with Crippen molar-refractivity contribution in [2.75, 3.05) is 10.0 Å². The highest BCUT2D eigenvalue weighted by Gasteiger charge is 2.19. The largest absolute Gasteiger partial charge is 0.389 e. The third-order valence-electron chi connectivity index (χ3n) is 6.94. The van der Waals surface area contributed by atoms with Crippen LogP contribution < -0.4 is 10.0 Å². The fraction of sp³-hybridized carbons (Fsp3) is 0.161. The molecule has 0 spiro atoms. The molecule has 0 saturated heterocycles. The molecule has 6 aromatic rings. The van der Waals surface area contributed by atoms with Crippen LogP contribution in [0, 0.1) is 6.92 Å². The fourth-order valence-corrected chi connectivity index (χ4v) is 6.20. The molecule has 218 valence electrons. The minimum absolute atomic E-state index is 0.0238. The molecule has 0 fully saturated rings. The van der Waals surface area contributed by atoms with Crippen LogP contribution in [0.1, 0.15) is 19.4 Å². The molecule has 0 atom stereocenters. The van der Waals surface area contributed by atoms with Crippen LogP contribution in [0.15, 0.2) is 90.5 Å². The predicted molar refractivity (Wildman–Crippen MR) is 169 cm³/mol. The van der Waals surface area contributed by atoms with Gasteiger partial charge in [0, 0.05) is 57.9 Å². The Kier molecular flexibility index (Phi) is 7.25. The summed E-state index contributed by atoms with van der Waals surface area (Å²) in [5.74, 6) is 0.608. The lowest BCUT2D eigenvalue weighted by Gasteiger charge is -2.18. The van der Waals surface area contributed by atoms with Crippen molar-refractivity contribution in [3.8, 4) is 11.3 Å². The Morgan fingerprint density at radius 1 is 0.930 bits per heavy atom. The number of hydrogen-bond acceptors (Lipinski definition) is 8. The second kappa shape index (κ2) is 10.9. The number of aromatic nitrogens is 5. The number of halogens is 1. The van der Waals surface area contributed by atoms with E-state index in [-0.39, 0.29) is 9.92 Å². The SMILES string of the molecule is Cc1c(-c2nccc3cnc(Nc4ccc(NS(=O)(=O)c5cncc(Cl)c5)cc4)cc23)ccc2c1cnn2CC(C)(C)O. The predicted octanol–water partition coefficient (Wildman–Crippen LogP) is 6.32. The summed E-state index contributed by atoms with van der Waals surface area (Å²) in [4.78, 5) is 13.1. The topological polar surface area (TPSA) is 135 Å². The van der Waals surface area contributed by atoms with Crippen LogP contribution in [-0.4, -0.2) is 43.9 Å². The smallest absolute Gasteiger partial charge is 0.263 e. The van der Waals surface area contributed by atoms with Gasteiger partial charge in [-0.15, -0.1) is 0 Å². The lowest BCUT2D eigenvalue weighted by atomic mass is 9.98. The number of fused-ring (bicyclic) bond motifs is 2. The standard InChI is InChI=1S/C31H28ClN7O3S/c1-19-25(8-9-28-27(19)17-36-39(28)18-31(2,3)40)30-26-13-29(35-14-20(26)10-11-34-30)37-22-4-6-23(7-5-22)38-43(41,42)24-12-21(32)15-33-16-24/h4-17,38,40H,18H2,1-3H3,(H,35,37). The number of anilines is 3. The average Bonchev–Trinajstić information content (AvgIpc) is 3.36. The second-order valence-corrected chi connectivity index (χ2v) is 13.0. The van der Waals surface area contributed by atoms with Crippen molar-refractivity contribution in [3.63, 3.8) is 0 Å². The van der Waals surface area contributed by atoms with E-state index in [2.05, 4.69) is 25.1 Å². The van der Waals surface area contributed by atoms with E-state index in [1.807, 2.05) is 42.1 Å². The Morgan fingerprint density at radius 3 is 2.44 bits per heavy atom. The molecule has 0 aliphatic carbocycles. The number of benzene rings is 2. The third kappa shape index (κ3) is 6.00. The molecule has 43 heavy (non-hydrogen) atoms. The summed E-state index contributed by atoms with van der Waals surface area (Å²) in [6, 6.07) is 16.1. The number of sulfonamides is 1. The van der Waals surface area contributed by atoms with E-state index in [1.165, 1.54) is 18.5 Å². The Hall–Kier alpha value is -4.58. The lowest BCUT2D eigenvalue weighted by molar-refractivity contribution is 0.0591.